The van der Waals surface area contributed by atoms with Crippen LogP contribution in [0.25, 0.3) is 11.0 Å². The van der Waals surface area contributed by atoms with Crippen molar-refractivity contribution in [2.75, 3.05) is 26.2 Å². The van der Waals surface area contributed by atoms with E-state index in [1.54, 1.807) is 40.4 Å². The van der Waals surface area contributed by atoms with Gasteiger partial charge >= 0.3 is 0 Å². The number of nitrogens with zero attached hydrogens (tertiary/aromatic N) is 4. The van der Waals surface area contributed by atoms with E-state index < -0.39 is 5.91 Å². The van der Waals surface area contributed by atoms with Gasteiger partial charge in [0.1, 0.15) is 5.69 Å². The number of primary amides is 1. The van der Waals surface area contributed by atoms with Gasteiger partial charge in [-0.05, 0) is 30.3 Å². The molecule has 1 fully saturated rings. The van der Waals surface area contributed by atoms with E-state index in [1.165, 1.54) is 12.3 Å². The molecule has 1 aliphatic rings. The first kappa shape index (κ1) is 20.3. The van der Waals surface area contributed by atoms with E-state index in [0.717, 1.165) is 11.0 Å². The quantitative estimate of drug-likeness (QED) is 0.663. The van der Waals surface area contributed by atoms with Crippen LogP contribution in [0.2, 0.25) is 0 Å². The van der Waals surface area contributed by atoms with Crippen molar-refractivity contribution in [3.8, 4) is 0 Å². The van der Waals surface area contributed by atoms with E-state index in [-0.39, 0.29) is 35.5 Å². The first-order valence-electron chi connectivity index (χ1n) is 8.81. The smallest absolute Gasteiger partial charge is 0.268 e. The van der Waals surface area contributed by atoms with Crippen LogP contribution in [0.3, 0.4) is 0 Å². The number of rotatable bonds is 3. The zero-order chi connectivity index (χ0) is 19.7. The molecular formula is C19H19ClN6O3. The van der Waals surface area contributed by atoms with E-state index in [2.05, 4.69) is 15.0 Å². The van der Waals surface area contributed by atoms with Gasteiger partial charge in [-0.3, -0.25) is 19.4 Å². The summed E-state index contributed by atoms with van der Waals surface area (Å²) in [5, 5.41) is 0. The van der Waals surface area contributed by atoms with E-state index in [4.69, 9.17) is 5.73 Å². The fourth-order valence-electron chi connectivity index (χ4n) is 3.31. The number of aromatic nitrogens is 3. The van der Waals surface area contributed by atoms with Crippen LogP contribution in [-0.4, -0.2) is 68.7 Å². The maximum Gasteiger partial charge on any atom is 0.268 e. The highest BCUT2D eigenvalue weighted by Crippen LogP contribution is 2.16. The van der Waals surface area contributed by atoms with E-state index >= 15 is 0 Å². The lowest BCUT2D eigenvalue weighted by atomic mass is 10.1. The first-order valence-corrected chi connectivity index (χ1v) is 8.81. The maximum atomic E-state index is 12.8. The number of pyridine rings is 1. The van der Waals surface area contributed by atoms with Crippen molar-refractivity contribution >= 4 is 41.2 Å². The number of hydrogen-bond acceptors (Lipinski definition) is 5. The van der Waals surface area contributed by atoms with Crippen LogP contribution in [0.5, 0.6) is 0 Å². The lowest BCUT2D eigenvalue weighted by molar-refractivity contribution is 0.0534. The number of fused-ring (bicyclic) bond motifs is 1. The number of piperazine rings is 1. The highest BCUT2D eigenvalue weighted by Gasteiger charge is 2.27. The van der Waals surface area contributed by atoms with Crippen LogP contribution in [0.1, 0.15) is 31.2 Å². The summed E-state index contributed by atoms with van der Waals surface area (Å²) < 4.78 is 0. The van der Waals surface area contributed by atoms with Crippen molar-refractivity contribution < 1.29 is 14.4 Å². The molecule has 2 aromatic heterocycles. The van der Waals surface area contributed by atoms with Crippen LogP contribution >= 0.6 is 12.4 Å². The van der Waals surface area contributed by atoms with Crippen molar-refractivity contribution in [1.82, 2.24) is 24.8 Å². The number of H-pyrrole nitrogens is 1. The summed E-state index contributed by atoms with van der Waals surface area (Å²) in [5.74, 6) is -1.15. The summed E-state index contributed by atoms with van der Waals surface area (Å²) in [7, 11) is 0. The number of amides is 3. The molecule has 0 radical (unpaired) electrons. The lowest BCUT2D eigenvalue weighted by Crippen LogP contribution is -2.50. The molecule has 3 aromatic rings. The van der Waals surface area contributed by atoms with E-state index in [0.29, 0.717) is 31.7 Å². The molecule has 1 aliphatic heterocycles. The molecule has 0 saturated carbocycles. The summed E-state index contributed by atoms with van der Waals surface area (Å²) in [6, 6.07) is 8.44. The number of carbonyl (C=O) groups excluding carboxylic acids is 3. The Hall–Kier alpha value is -3.46. The molecule has 29 heavy (non-hydrogen) atoms. The fraction of sp³-hybridized carbons (Fsp3) is 0.211. The number of imidazole rings is 1. The van der Waals surface area contributed by atoms with Gasteiger partial charge in [-0.1, -0.05) is 0 Å². The topological polar surface area (TPSA) is 125 Å². The van der Waals surface area contributed by atoms with Gasteiger partial charge in [-0.15, -0.1) is 12.4 Å². The summed E-state index contributed by atoms with van der Waals surface area (Å²) in [5.41, 5.74) is 7.62. The third-order valence-electron chi connectivity index (χ3n) is 4.79. The van der Waals surface area contributed by atoms with Crippen molar-refractivity contribution in [2.45, 2.75) is 0 Å². The molecule has 1 aromatic carbocycles. The predicted octanol–water partition coefficient (Wildman–Crippen LogP) is 1.08. The number of nitrogens with two attached hydrogens (primary N) is 1. The Kier molecular flexibility index (Phi) is 5.79. The van der Waals surface area contributed by atoms with Crippen molar-refractivity contribution in [2.24, 2.45) is 5.73 Å². The van der Waals surface area contributed by atoms with Crippen LogP contribution < -0.4 is 5.73 Å². The Morgan fingerprint density at radius 1 is 0.966 bits per heavy atom. The Morgan fingerprint density at radius 3 is 2.34 bits per heavy atom. The third-order valence-corrected chi connectivity index (χ3v) is 4.79. The molecule has 10 heteroatoms. The van der Waals surface area contributed by atoms with Gasteiger partial charge in [0.15, 0.2) is 0 Å². The molecule has 3 amide bonds. The zero-order valence-corrected chi connectivity index (χ0v) is 16.2. The van der Waals surface area contributed by atoms with E-state index in [9.17, 15) is 14.4 Å². The van der Waals surface area contributed by atoms with Gasteiger partial charge in [0.05, 0.1) is 22.9 Å². The minimum Gasteiger partial charge on any atom is -0.364 e. The van der Waals surface area contributed by atoms with Gasteiger partial charge in [-0.2, -0.15) is 0 Å². The average Bonchev–Trinajstić information content (AvgIpc) is 3.20. The molecule has 1 saturated heterocycles. The van der Waals surface area contributed by atoms with Crippen LogP contribution in [0.15, 0.2) is 42.9 Å². The number of halogens is 1. The van der Waals surface area contributed by atoms with Gasteiger partial charge < -0.3 is 20.5 Å². The first-order chi connectivity index (χ1) is 13.5. The number of aromatic amines is 1. The summed E-state index contributed by atoms with van der Waals surface area (Å²) in [6.07, 6.45) is 3.01. The second-order valence-corrected chi connectivity index (χ2v) is 6.48. The molecule has 0 atom stereocenters. The maximum absolute atomic E-state index is 12.8. The summed E-state index contributed by atoms with van der Waals surface area (Å²) in [6.45, 7) is 1.53. The van der Waals surface area contributed by atoms with Gasteiger partial charge in [0.25, 0.3) is 17.7 Å². The molecule has 150 valence electrons. The fourth-order valence-corrected chi connectivity index (χ4v) is 3.31. The Labute approximate surface area is 172 Å². The second kappa shape index (κ2) is 8.27. The largest absolute Gasteiger partial charge is 0.364 e. The highest BCUT2D eigenvalue weighted by molar-refractivity contribution is 6.05. The van der Waals surface area contributed by atoms with Crippen LogP contribution in [-0.2, 0) is 0 Å². The number of hydrogen-bond donors (Lipinski definition) is 2. The number of nitrogens with one attached hydrogen (secondary N) is 1. The molecule has 9 nitrogen and oxygen atoms in total. The number of benzene rings is 1. The van der Waals surface area contributed by atoms with Gasteiger partial charge in [0.2, 0.25) is 0 Å². The molecular weight excluding hydrogens is 396 g/mol. The molecule has 3 heterocycles. The summed E-state index contributed by atoms with van der Waals surface area (Å²) in [4.78, 5) is 51.4. The van der Waals surface area contributed by atoms with Crippen LogP contribution in [0, 0.1) is 0 Å². The van der Waals surface area contributed by atoms with Gasteiger partial charge in [0, 0.05) is 37.9 Å². The van der Waals surface area contributed by atoms with Gasteiger partial charge in [-0.25, -0.2) is 4.98 Å². The lowest BCUT2D eigenvalue weighted by Gasteiger charge is -2.35. The molecule has 0 unspecified atom stereocenters. The predicted molar refractivity (Wildman–Crippen MR) is 108 cm³/mol. The Morgan fingerprint density at radius 2 is 1.66 bits per heavy atom. The molecule has 3 N–H and O–H groups in total. The Balaban J connectivity index is 0.00000240. The monoisotopic (exact) mass is 414 g/mol. The minimum absolute atomic E-state index is 0. The van der Waals surface area contributed by atoms with Crippen molar-refractivity contribution in [1.29, 1.82) is 0 Å². The molecule has 0 bridgehead atoms. The molecule has 0 spiro atoms. The third kappa shape index (κ3) is 3.90. The average molecular weight is 415 g/mol. The van der Waals surface area contributed by atoms with E-state index in [1.807, 2.05) is 0 Å². The van der Waals surface area contributed by atoms with Crippen molar-refractivity contribution in [3.05, 3.63) is 59.7 Å². The SMILES string of the molecule is Cl.NC(=O)c1ncccc1C(=O)N1CCN(C(=O)c2ccc3nc[nH]c3c2)CC1. The standard InChI is InChI=1S/C19H18N6O3.ClH/c20-17(26)16-13(2-1-5-21-16)19(28)25-8-6-24(7-9-25)18(27)12-3-4-14-15(10-12)23-11-22-14;/h1-5,10-11H,6-9H2,(H2,20,26)(H,22,23);1H. The minimum atomic E-state index is -0.744. The molecule has 0 aliphatic carbocycles. The zero-order valence-electron chi connectivity index (χ0n) is 15.4. The number of carbonyl (C=O) groups is 3. The van der Waals surface area contributed by atoms with Crippen LogP contribution in [0.4, 0.5) is 0 Å². The Bertz CT molecular complexity index is 1070. The normalized spacial score (nSPS) is 13.8. The summed E-state index contributed by atoms with van der Waals surface area (Å²) >= 11 is 0. The van der Waals surface area contributed by atoms with Crippen molar-refractivity contribution in [3.63, 3.8) is 0 Å². The highest BCUT2D eigenvalue weighted by atomic mass is 35.5. The molecule has 4 rings (SSSR count). The second-order valence-electron chi connectivity index (χ2n) is 6.48.